The fourth-order valence-corrected chi connectivity index (χ4v) is 4.89. The Morgan fingerprint density at radius 1 is 0.758 bits per heavy atom. The lowest BCUT2D eigenvalue weighted by Gasteiger charge is -2.09. The highest BCUT2D eigenvalue weighted by Crippen LogP contribution is 2.34. The second-order valence-corrected chi connectivity index (χ2v) is 9.08. The lowest BCUT2D eigenvalue weighted by atomic mass is 10.1. The largest absolute Gasteiger partial charge is 0.322 e. The van der Waals surface area contributed by atoms with Crippen molar-refractivity contribution in [2.45, 2.75) is 0 Å². The Hall–Kier alpha value is -3.10. The van der Waals surface area contributed by atoms with Crippen molar-refractivity contribution < 1.29 is 14.4 Å². The van der Waals surface area contributed by atoms with Crippen LogP contribution in [-0.2, 0) is 0 Å². The van der Waals surface area contributed by atoms with Crippen LogP contribution >= 0.6 is 46.1 Å². The van der Waals surface area contributed by atoms with E-state index in [4.69, 9.17) is 34.8 Å². The summed E-state index contributed by atoms with van der Waals surface area (Å²) < 4.78 is 0.872. The number of hydrogen-bond donors (Lipinski definition) is 3. The van der Waals surface area contributed by atoms with Crippen LogP contribution in [0.3, 0.4) is 0 Å². The summed E-state index contributed by atoms with van der Waals surface area (Å²) in [6.07, 6.45) is 0. The lowest BCUT2D eigenvalue weighted by molar-refractivity contribution is 0.0849. The van der Waals surface area contributed by atoms with Gasteiger partial charge in [-0.1, -0.05) is 53.0 Å². The molecule has 0 aliphatic carbocycles. The zero-order chi connectivity index (χ0) is 23.5. The van der Waals surface area contributed by atoms with E-state index in [1.54, 1.807) is 18.2 Å². The average molecular weight is 519 g/mol. The van der Waals surface area contributed by atoms with E-state index in [9.17, 15) is 14.4 Å². The normalized spacial score (nSPS) is 10.6. The maximum atomic E-state index is 12.5. The fourth-order valence-electron chi connectivity index (χ4n) is 2.98. The second-order valence-electron chi connectivity index (χ2n) is 6.81. The summed E-state index contributed by atoms with van der Waals surface area (Å²) >= 11 is 19.4. The molecule has 0 aliphatic heterocycles. The molecule has 0 radical (unpaired) electrons. The summed E-state index contributed by atoms with van der Waals surface area (Å²) in [6, 6.07) is 18.1. The van der Waals surface area contributed by atoms with E-state index in [2.05, 4.69) is 16.2 Å². The molecule has 166 valence electrons. The van der Waals surface area contributed by atoms with Crippen LogP contribution < -0.4 is 16.2 Å². The summed E-state index contributed by atoms with van der Waals surface area (Å²) in [6.45, 7) is 0. The van der Waals surface area contributed by atoms with Gasteiger partial charge in [0.05, 0.1) is 15.6 Å². The zero-order valence-corrected chi connectivity index (χ0v) is 19.7. The quantitative estimate of drug-likeness (QED) is 0.282. The highest BCUT2D eigenvalue weighted by Gasteiger charge is 2.18. The molecule has 0 saturated heterocycles. The van der Waals surface area contributed by atoms with Gasteiger partial charge in [0.25, 0.3) is 17.7 Å². The summed E-state index contributed by atoms with van der Waals surface area (Å²) in [5, 5.41) is 4.46. The molecule has 4 aromatic rings. The molecule has 33 heavy (non-hydrogen) atoms. The van der Waals surface area contributed by atoms with Crippen molar-refractivity contribution >= 4 is 79.6 Å². The van der Waals surface area contributed by atoms with Crippen LogP contribution in [0.4, 0.5) is 5.69 Å². The number of halogens is 3. The number of hydrazine groups is 1. The van der Waals surface area contributed by atoms with Crippen LogP contribution in [0.5, 0.6) is 0 Å². The number of thiophene rings is 1. The van der Waals surface area contributed by atoms with Crippen LogP contribution in [0.2, 0.25) is 15.1 Å². The van der Waals surface area contributed by atoms with Gasteiger partial charge in [-0.3, -0.25) is 25.2 Å². The number of carbonyl (C=O) groups excluding carboxylic acids is 3. The van der Waals surface area contributed by atoms with Crippen molar-refractivity contribution in [3.63, 3.8) is 0 Å². The average Bonchev–Trinajstić information content (AvgIpc) is 3.14. The first kappa shape index (κ1) is 23.1. The number of nitrogens with one attached hydrogen (secondary N) is 3. The summed E-state index contributed by atoms with van der Waals surface area (Å²) in [4.78, 5) is 37.6. The minimum Gasteiger partial charge on any atom is -0.322 e. The summed E-state index contributed by atoms with van der Waals surface area (Å²) in [7, 11) is 0. The number of carbonyl (C=O) groups is 3. The zero-order valence-electron chi connectivity index (χ0n) is 16.6. The molecular formula is C23H14Cl3N3O3S. The van der Waals surface area contributed by atoms with Crippen molar-refractivity contribution in [1.82, 2.24) is 10.9 Å². The number of rotatable bonds is 4. The number of benzene rings is 3. The maximum absolute atomic E-state index is 12.5. The first-order chi connectivity index (χ1) is 15.8. The first-order valence-electron chi connectivity index (χ1n) is 9.47. The molecule has 0 spiro atoms. The van der Waals surface area contributed by atoms with Gasteiger partial charge < -0.3 is 5.32 Å². The van der Waals surface area contributed by atoms with Gasteiger partial charge in [-0.05, 0) is 48.5 Å². The Morgan fingerprint density at radius 3 is 2.15 bits per heavy atom. The number of hydrogen-bond acceptors (Lipinski definition) is 4. The van der Waals surface area contributed by atoms with Crippen molar-refractivity contribution in [3.05, 3.63) is 97.8 Å². The van der Waals surface area contributed by atoms with Crippen LogP contribution in [0.15, 0.2) is 66.7 Å². The third-order valence-corrected chi connectivity index (χ3v) is 6.83. The topological polar surface area (TPSA) is 87.3 Å². The van der Waals surface area contributed by atoms with Gasteiger partial charge in [0, 0.05) is 26.4 Å². The summed E-state index contributed by atoms with van der Waals surface area (Å²) in [5.41, 5.74) is 5.74. The molecular weight excluding hydrogens is 505 g/mol. The van der Waals surface area contributed by atoms with Crippen molar-refractivity contribution in [2.24, 2.45) is 0 Å². The van der Waals surface area contributed by atoms with E-state index in [1.807, 2.05) is 24.3 Å². The third kappa shape index (κ3) is 5.12. The molecule has 0 bridgehead atoms. The van der Waals surface area contributed by atoms with Crippen molar-refractivity contribution in [1.29, 1.82) is 0 Å². The minimum atomic E-state index is -0.529. The van der Waals surface area contributed by atoms with Crippen LogP contribution in [0.25, 0.3) is 10.1 Å². The molecule has 4 rings (SSSR count). The van der Waals surface area contributed by atoms with Crippen LogP contribution in [-0.4, -0.2) is 17.7 Å². The minimum absolute atomic E-state index is 0.227. The van der Waals surface area contributed by atoms with Gasteiger partial charge in [0.2, 0.25) is 0 Å². The van der Waals surface area contributed by atoms with Crippen molar-refractivity contribution in [3.8, 4) is 0 Å². The van der Waals surface area contributed by atoms with Gasteiger partial charge in [-0.15, -0.1) is 11.3 Å². The van der Waals surface area contributed by atoms with Crippen molar-refractivity contribution in [2.75, 3.05) is 5.32 Å². The molecule has 0 aliphatic rings. The summed E-state index contributed by atoms with van der Waals surface area (Å²) in [5.74, 6) is -1.46. The van der Waals surface area contributed by atoms with E-state index in [0.29, 0.717) is 20.6 Å². The molecule has 3 aromatic carbocycles. The van der Waals surface area contributed by atoms with E-state index < -0.39 is 17.7 Å². The van der Waals surface area contributed by atoms with E-state index in [-0.39, 0.29) is 16.1 Å². The monoisotopic (exact) mass is 517 g/mol. The maximum Gasteiger partial charge on any atom is 0.281 e. The number of amides is 3. The molecule has 3 amide bonds. The lowest BCUT2D eigenvalue weighted by Crippen LogP contribution is -2.41. The van der Waals surface area contributed by atoms with Gasteiger partial charge in [-0.25, -0.2) is 0 Å². The molecule has 1 aromatic heterocycles. The molecule has 0 fully saturated rings. The van der Waals surface area contributed by atoms with Gasteiger partial charge in [0.15, 0.2) is 0 Å². The smallest absolute Gasteiger partial charge is 0.281 e. The molecule has 10 heteroatoms. The Balaban J connectivity index is 1.37. The van der Waals surface area contributed by atoms with Gasteiger partial charge in [-0.2, -0.15) is 0 Å². The fraction of sp³-hybridized carbons (Fsp3) is 0. The van der Waals surface area contributed by atoms with E-state index in [1.165, 1.54) is 35.6 Å². The Bertz CT molecular complexity index is 1390. The second kappa shape index (κ2) is 9.80. The first-order valence-corrected chi connectivity index (χ1v) is 11.4. The SMILES string of the molecule is O=C(NNC(=O)c1sc2ccccc2c1Cl)c1ccc(NC(=O)c2ccc(Cl)cc2Cl)cc1. The Morgan fingerprint density at radius 2 is 1.45 bits per heavy atom. The number of fused-ring (bicyclic) bond motifs is 1. The molecule has 3 N–H and O–H groups in total. The Kier molecular flexibility index (Phi) is 6.85. The predicted molar refractivity (Wildman–Crippen MR) is 133 cm³/mol. The standard InChI is InChI=1S/C23H14Cl3N3O3S/c24-13-7-10-15(17(25)11-13)22(31)27-14-8-5-12(6-9-14)21(30)28-29-23(32)20-19(26)16-3-1-2-4-18(16)33-20/h1-11H,(H,27,31)(H,28,30)(H,29,32). The predicted octanol–water partition coefficient (Wildman–Crippen LogP) is 6.19. The molecule has 0 saturated carbocycles. The number of anilines is 1. The molecule has 0 atom stereocenters. The van der Waals surface area contributed by atoms with Crippen LogP contribution in [0.1, 0.15) is 30.4 Å². The highest BCUT2D eigenvalue weighted by molar-refractivity contribution is 7.21. The van der Waals surface area contributed by atoms with E-state index >= 15 is 0 Å². The molecule has 6 nitrogen and oxygen atoms in total. The van der Waals surface area contributed by atoms with Gasteiger partial charge in [0.1, 0.15) is 4.88 Å². The van der Waals surface area contributed by atoms with Crippen LogP contribution in [0, 0.1) is 0 Å². The molecule has 0 unspecified atom stereocenters. The van der Waals surface area contributed by atoms with E-state index in [0.717, 1.165) is 10.1 Å². The molecule has 1 heterocycles. The Labute approximate surface area is 207 Å². The highest BCUT2D eigenvalue weighted by atomic mass is 35.5. The van der Waals surface area contributed by atoms with Gasteiger partial charge >= 0.3 is 0 Å². The third-order valence-electron chi connectivity index (χ3n) is 4.61.